The highest BCUT2D eigenvalue weighted by Gasteiger charge is 2.09. The number of benzene rings is 1. The molecule has 0 heterocycles. The van der Waals surface area contributed by atoms with Gasteiger partial charge in [-0.25, -0.2) is 4.99 Å². The minimum absolute atomic E-state index is 0.111. The molecule has 0 amide bonds. The third-order valence-electron chi connectivity index (χ3n) is 1.58. The number of nitrogens with two attached hydrogens (primary N) is 1. The minimum Gasteiger partial charge on any atom is -0.386 e. The molecule has 0 saturated carbocycles. The van der Waals surface area contributed by atoms with E-state index in [1.165, 1.54) is 0 Å². The van der Waals surface area contributed by atoms with Gasteiger partial charge in [-0.1, -0.05) is 11.6 Å². The van der Waals surface area contributed by atoms with Crippen molar-refractivity contribution in [2.24, 2.45) is 10.7 Å². The summed E-state index contributed by atoms with van der Waals surface area (Å²) >= 11 is 14.7. The molecule has 0 aliphatic rings. The lowest BCUT2D eigenvalue weighted by Crippen LogP contribution is -2.12. The molecule has 0 spiro atoms. The second-order valence-corrected chi connectivity index (χ2v) is 4.11. The lowest BCUT2D eigenvalue weighted by atomic mass is 10.2. The fourth-order valence-corrected chi connectivity index (χ4v) is 1.75. The topological polar surface area (TPSA) is 62.2 Å². The Bertz CT molecular complexity index is 451. The van der Waals surface area contributed by atoms with Crippen LogP contribution in [0.1, 0.15) is 5.56 Å². The summed E-state index contributed by atoms with van der Waals surface area (Å²) in [6.45, 7) is 0. The van der Waals surface area contributed by atoms with Gasteiger partial charge in [0, 0.05) is 4.47 Å². The van der Waals surface area contributed by atoms with Crippen LogP contribution < -0.4 is 5.73 Å². The average Bonchev–Trinajstić information content (AvgIpc) is 2.24. The zero-order valence-electron chi connectivity index (χ0n) is 7.47. The van der Waals surface area contributed by atoms with E-state index in [0.717, 1.165) is 0 Å². The lowest BCUT2D eigenvalue weighted by molar-refractivity contribution is 1.41. The SMILES string of the molecule is N#Cc1ccc(Br)c(N=C(N)CCl)c1Cl. The Morgan fingerprint density at radius 2 is 2.27 bits per heavy atom. The summed E-state index contributed by atoms with van der Waals surface area (Å²) < 4.78 is 0.666. The maximum absolute atomic E-state index is 8.77. The van der Waals surface area contributed by atoms with E-state index in [9.17, 15) is 0 Å². The Morgan fingerprint density at radius 1 is 1.60 bits per heavy atom. The van der Waals surface area contributed by atoms with Gasteiger partial charge in [-0.15, -0.1) is 11.6 Å². The molecule has 0 bridgehead atoms. The molecule has 6 heteroatoms. The zero-order valence-corrected chi connectivity index (χ0v) is 10.6. The van der Waals surface area contributed by atoms with Crippen molar-refractivity contribution in [3.8, 4) is 6.07 Å². The number of hydrogen-bond donors (Lipinski definition) is 1. The smallest absolute Gasteiger partial charge is 0.115 e. The van der Waals surface area contributed by atoms with Crippen LogP contribution in [0.2, 0.25) is 5.02 Å². The van der Waals surface area contributed by atoms with E-state index in [1.54, 1.807) is 12.1 Å². The molecule has 1 aromatic carbocycles. The third-order valence-corrected chi connectivity index (χ3v) is 2.88. The Morgan fingerprint density at radius 3 is 2.80 bits per heavy atom. The predicted molar refractivity (Wildman–Crippen MR) is 65.9 cm³/mol. The summed E-state index contributed by atoms with van der Waals surface area (Å²) in [5.41, 5.74) is 6.26. The van der Waals surface area contributed by atoms with Gasteiger partial charge in [0.25, 0.3) is 0 Å². The molecule has 78 valence electrons. The molecule has 0 aliphatic heterocycles. The average molecular weight is 307 g/mol. The monoisotopic (exact) mass is 305 g/mol. The first kappa shape index (κ1) is 12.3. The second-order valence-electron chi connectivity index (χ2n) is 2.61. The van der Waals surface area contributed by atoms with Crippen molar-refractivity contribution >= 4 is 50.7 Å². The highest BCUT2D eigenvalue weighted by Crippen LogP contribution is 2.35. The maximum atomic E-state index is 8.77. The Hall–Kier alpha value is -0.760. The van der Waals surface area contributed by atoms with Crippen molar-refractivity contribution in [3.05, 3.63) is 27.2 Å². The summed E-state index contributed by atoms with van der Waals surface area (Å²) in [6.07, 6.45) is 0. The summed E-state index contributed by atoms with van der Waals surface area (Å²) in [4.78, 5) is 4.02. The number of hydrogen-bond acceptors (Lipinski definition) is 2. The molecule has 3 nitrogen and oxygen atoms in total. The predicted octanol–water partition coefficient (Wildman–Crippen LogP) is 3.20. The maximum Gasteiger partial charge on any atom is 0.115 e. The van der Waals surface area contributed by atoms with Gasteiger partial charge in [0.1, 0.15) is 11.9 Å². The van der Waals surface area contributed by atoms with Crippen molar-refractivity contribution in [1.82, 2.24) is 0 Å². The number of amidine groups is 1. The summed E-state index contributed by atoms with van der Waals surface area (Å²) in [7, 11) is 0. The molecule has 1 aromatic rings. The number of halogens is 3. The molecule has 0 aromatic heterocycles. The van der Waals surface area contributed by atoms with Crippen molar-refractivity contribution in [3.63, 3.8) is 0 Å². The zero-order chi connectivity index (χ0) is 11.4. The van der Waals surface area contributed by atoms with Crippen LogP contribution in [0.15, 0.2) is 21.6 Å². The molecular weight excluding hydrogens is 301 g/mol. The number of alkyl halides is 1. The third kappa shape index (κ3) is 2.85. The summed E-state index contributed by atoms with van der Waals surface area (Å²) in [6, 6.07) is 5.24. The van der Waals surface area contributed by atoms with E-state index in [0.29, 0.717) is 15.7 Å². The van der Waals surface area contributed by atoms with E-state index in [4.69, 9.17) is 34.2 Å². The van der Waals surface area contributed by atoms with Gasteiger partial charge in [0.2, 0.25) is 0 Å². The van der Waals surface area contributed by atoms with E-state index in [-0.39, 0.29) is 16.7 Å². The molecule has 15 heavy (non-hydrogen) atoms. The molecule has 0 atom stereocenters. The van der Waals surface area contributed by atoms with E-state index in [2.05, 4.69) is 20.9 Å². The van der Waals surface area contributed by atoms with E-state index >= 15 is 0 Å². The van der Waals surface area contributed by atoms with Crippen LogP contribution in [0.25, 0.3) is 0 Å². The van der Waals surface area contributed by atoms with Crippen LogP contribution in [0, 0.1) is 11.3 Å². The number of aliphatic imine (C=N–C) groups is 1. The van der Waals surface area contributed by atoms with Gasteiger partial charge in [-0.05, 0) is 28.1 Å². The molecule has 1 rings (SSSR count). The molecule has 0 unspecified atom stereocenters. The van der Waals surface area contributed by atoms with Gasteiger partial charge in [0.15, 0.2) is 0 Å². The van der Waals surface area contributed by atoms with Gasteiger partial charge < -0.3 is 5.73 Å². The van der Waals surface area contributed by atoms with Crippen molar-refractivity contribution in [1.29, 1.82) is 5.26 Å². The van der Waals surface area contributed by atoms with Crippen molar-refractivity contribution < 1.29 is 0 Å². The highest BCUT2D eigenvalue weighted by atomic mass is 79.9. The highest BCUT2D eigenvalue weighted by molar-refractivity contribution is 9.10. The van der Waals surface area contributed by atoms with Gasteiger partial charge in [-0.2, -0.15) is 5.26 Å². The van der Waals surface area contributed by atoms with Crippen LogP contribution in [-0.4, -0.2) is 11.7 Å². The normalized spacial score (nSPS) is 11.2. The Kier molecular flexibility index (Phi) is 4.40. The minimum atomic E-state index is 0.111. The first-order valence-corrected chi connectivity index (χ1v) is 5.57. The van der Waals surface area contributed by atoms with E-state index in [1.807, 2.05) is 6.07 Å². The largest absolute Gasteiger partial charge is 0.386 e. The van der Waals surface area contributed by atoms with E-state index < -0.39 is 0 Å². The van der Waals surface area contributed by atoms with Crippen LogP contribution in [-0.2, 0) is 0 Å². The molecule has 0 fully saturated rings. The Balaban J connectivity index is 3.35. The van der Waals surface area contributed by atoms with Gasteiger partial charge in [-0.3, -0.25) is 0 Å². The van der Waals surface area contributed by atoms with Gasteiger partial charge >= 0.3 is 0 Å². The molecular formula is C9H6BrCl2N3. The molecule has 0 aliphatic carbocycles. The number of rotatable bonds is 2. The van der Waals surface area contributed by atoms with Crippen LogP contribution in [0.4, 0.5) is 5.69 Å². The standard InChI is InChI=1S/C9H6BrCl2N3/c10-6-2-1-5(4-13)8(12)9(6)15-7(14)3-11/h1-2H,3H2,(H2,14,15). The number of nitriles is 1. The van der Waals surface area contributed by atoms with Crippen LogP contribution >= 0.6 is 39.1 Å². The fraction of sp³-hybridized carbons (Fsp3) is 0.111. The molecule has 0 saturated heterocycles. The first-order valence-electron chi connectivity index (χ1n) is 3.87. The van der Waals surface area contributed by atoms with Gasteiger partial charge in [0.05, 0.1) is 22.2 Å². The second kappa shape index (κ2) is 5.36. The quantitative estimate of drug-likeness (QED) is 0.518. The summed E-state index contributed by atoms with van der Waals surface area (Å²) in [5, 5.41) is 9.03. The Labute approximate surface area is 106 Å². The first-order chi connectivity index (χ1) is 7.10. The lowest BCUT2D eigenvalue weighted by Gasteiger charge is -2.04. The van der Waals surface area contributed by atoms with Crippen LogP contribution in [0.3, 0.4) is 0 Å². The fourth-order valence-electron chi connectivity index (χ4n) is 0.903. The number of nitrogens with zero attached hydrogens (tertiary/aromatic N) is 2. The van der Waals surface area contributed by atoms with Crippen molar-refractivity contribution in [2.45, 2.75) is 0 Å². The molecule has 2 N–H and O–H groups in total. The van der Waals surface area contributed by atoms with Crippen molar-refractivity contribution in [2.75, 3.05) is 5.88 Å². The molecule has 0 radical (unpaired) electrons. The van der Waals surface area contributed by atoms with Crippen LogP contribution in [0.5, 0.6) is 0 Å². The summed E-state index contributed by atoms with van der Waals surface area (Å²) in [5.74, 6) is 0.355.